The van der Waals surface area contributed by atoms with Crippen LogP contribution < -0.4 is 9.47 Å². The van der Waals surface area contributed by atoms with Gasteiger partial charge in [-0.15, -0.1) is 5.10 Å². The van der Waals surface area contributed by atoms with Crippen LogP contribution in [0.3, 0.4) is 0 Å². The second-order valence-corrected chi connectivity index (χ2v) is 7.48. The van der Waals surface area contributed by atoms with Crippen molar-refractivity contribution in [2.75, 3.05) is 14.2 Å². The molecule has 0 saturated carbocycles. The van der Waals surface area contributed by atoms with Crippen molar-refractivity contribution < 1.29 is 34.3 Å². The van der Waals surface area contributed by atoms with E-state index >= 15 is 0 Å². The van der Waals surface area contributed by atoms with E-state index in [1.165, 1.54) is 18.2 Å². The fraction of sp³-hybridized carbons (Fsp3) is 0.333. The molecule has 3 rings (SSSR count). The summed E-state index contributed by atoms with van der Waals surface area (Å²) in [7, 11) is 3.10. The van der Waals surface area contributed by atoms with Gasteiger partial charge in [0.15, 0.2) is 11.5 Å². The van der Waals surface area contributed by atoms with E-state index in [0.717, 1.165) is 5.56 Å². The normalized spacial score (nSPS) is 15.5. The van der Waals surface area contributed by atoms with Crippen LogP contribution >= 0.6 is 0 Å². The van der Waals surface area contributed by atoms with E-state index in [0.29, 0.717) is 40.2 Å². The molecule has 0 saturated heterocycles. The first-order valence-electron chi connectivity index (χ1n) is 10.4. The molecule has 1 unspecified atom stereocenters. The first-order chi connectivity index (χ1) is 15.9. The zero-order valence-corrected chi connectivity index (χ0v) is 19.1. The topological polar surface area (TPSA) is 110 Å². The molecule has 0 fully saturated rings. The number of methoxy groups -OCH3 is 2. The molecule has 9 nitrogen and oxygen atoms in total. The van der Waals surface area contributed by atoms with Gasteiger partial charge in [0.25, 0.3) is 5.90 Å². The lowest BCUT2D eigenvalue weighted by molar-refractivity contribution is -0.165. The molecule has 9 heteroatoms. The van der Waals surface area contributed by atoms with Crippen LogP contribution in [0.5, 0.6) is 11.5 Å². The molecule has 176 valence electrons. The van der Waals surface area contributed by atoms with Crippen molar-refractivity contribution in [2.45, 2.75) is 39.5 Å². The first kappa shape index (κ1) is 24.1. The number of hydrazone groups is 1. The van der Waals surface area contributed by atoms with Gasteiger partial charge in [0.2, 0.25) is 5.91 Å². The second-order valence-electron chi connectivity index (χ2n) is 7.48. The monoisotopic (exact) mass is 456 g/mol. The number of hydrogen-bond acceptors (Lipinski definition) is 8. The first-order valence-corrected chi connectivity index (χ1v) is 10.4. The van der Waals surface area contributed by atoms with Crippen molar-refractivity contribution in [1.29, 1.82) is 0 Å². The molecule has 0 radical (unpaired) electrons. The third kappa shape index (κ3) is 5.27. The van der Waals surface area contributed by atoms with Crippen molar-refractivity contribution >= 4 is 17.9 Å². The number of hydrogen-bond donors (Lipinski definition) is 2. The summed E-state index contributed by atoms with van der Waals surface area (Å²) in [5, 5.41) is 25.1. The summed E-state index contributed by atoms with van der Waals surface area (Å²) in [6.07, 6.45) is 3.45. The highest BCUT2D eigenvalue weighted by Crippen LogP contribution is 2.31. The zero-order chi connectivity index (χ0) is 24.0. The lowest BCUT2D eigenvalue weighted by Gasteiger charge is -2.21. The maximum absolute atomic E-state index is 12.2. The number of rotatable bonds is 7. The molecule has 1 amide bonds. The molecule has 1 heterocycles. The Kier molecular flexibility index (Phi) is 7.92. The van der Waals surface area contributed by atoms with Crippen molar-refractivity contribution in [1.82, 2.24) is 5.01 Å². The summed E-state index contributed by atoms with van der Waals surface area (Å²) in [4.78, 5) is 22.9. The van der Waals surface area contributed by atoms with Crippen LogP contribution in [0.1, 0.15) is 41.7 Å². The van der Waals surface area contributed by atoms with E-state index in [9.17, 15) is 15.0 Å². The standard InChI is InChI=1S/C24H28N2O7/c1-15-10-18-11-19(13-27)20(14-28)12-21(18)24(25-26(15)16(2)29)33-32-9-8-17-6-5-7-22(30-3)23(17)31-4/h5-9,11-12,15,27-28H,10,13-14H2,1-4H3. The molecular weight excluding hydrogens is 428 g/mol. The number of ether oxygens (including phenoxy) is 2. The molecule has 1 atom stereocenters. The summed E-state index contributed by atoms with van der Waals surface area (Å²) in [6, 6.07) is 8.65. The fourth-order valence-corrected chi connectivity index (χ4v) is 3.72. The van der Waals surface area contributed by atoms with Crippen molar-refractivity contribution in [2.24, 2.45) is 5.10 Å². The van der Waals surface area contributed by atoms with Gasteiger partial charge in [-0.1, -0.05) is 18.2 Å². The Labute approximate surface area is 192 Å². The third-order valence-corrected chi connectivity index (χ3v) is 5.31. The highest BCUT2D eigenvalue weighted by atomic mass is 17.2. The number of benzene rings is 2. The highest BCUT2D eigenvalue weighted by molar-refractivity contribution is 5.96. The number of nitrogens with zero attached hydrogens (tertiary/aromatic N) is 2. The molecule has 2 aromatic carbocycles. The van der Waals surface area contributed by atoms with Crippen LogP contribution in [-0.2, 0) is 34.2 Å². The van der Waals surface area contributed by atoms with Gasteiger partial charge in [-0.25, -0.2) is 5.01 Å². The Balaban J connectivity index is 1.91. The minimum Gasteiger partial charge on any atom is -0.493 e. The largest absolute Gasteiger partial charge is 0.493 e. The number of fused-ring (bicyclic) bond motifs is 1. The molecule has 0 bridgehead atoms. The van der Waals surface area contributed by atoms with Crippen LogP contribution in [-0.4, -0.2) is 47.3 Å². The van der Waals surface area contributed by atoms with Gasteiger partial charge in [-0.05, 0) is 48.2 Å². The SMILES string of the molecule is COc1cccc(C=COOC2=NN(C(C)=O)C(C)Cc3cc(CO)c(CO)cc32)c1OC. The predicted molar refractivity (Wildman–Crippen MR) is 121 cm³/mol. The van der Waals surface area contributed by atoms with E-state index in [4.69, 9.17) is 19.2 Å². The van der Waals surface area contributed by atoms with Gasteiger partial charge < -0.3 is 19.7 Å². The molecule has 0 aromatic heterocycles. The number of aliphatic hydroxyl groups excluding tert-OH is 2. The average Bonchev–Trinajstić information content (AvgIpc) is 2.95. The Morgan fingerprint density at radius 3 is 2.55 bits per heavy atom. The number of amides is 1. The zero-order valence-electron chi connectivity index (χ0n) is 19.1. The summed E-state index contributed by atoms with van der Waals surface area (Å²) in [6.45, 7) is 2.80. The minimum atomic E-state index is -0.265. The van der Waals surface area contributed by atoms with Crippen LogP contribution in [0.15, 0.2) is 41.7 Å². The second kappa shape index (κ2) is 10.8. The van der Waals surface area contributed by atoms with Crippen molar-refractivity contribution in [3.05, 3.63) is 64.4 Å². The van der Waals surface area contributed by atoms with E-state index in [1.54, 1.807) is 38.5 Å². The van der Waals surface area contributed by atoms with Crippen molar-refractivity contribution in [3.63, 3.8) is 0 Å². The van der Waals surface area contributed by atoms with Crippen molar-refractivity contribution in [3.8, 4) is 11.5 Å². The van der Waals surface area contributed by atoms with E-state index < -0.39 is 0 Å². The maximum Gasteiger partial charge on any atom is 0.293 e. The lowest BCUT2D eigenvalue weighted by Crippen LogP contribution is -2.33. The van der Waals surface area contributed by atoms with Gasteiger partial charge in [0.05, 0.1) is 33.5 Å². The fourth-order valence-electron chi connectivity index (χ4n) is 3.72. The Bertz CT molecular complexity index is 1070. The summed E-state index contributed by atoms with van der Waals surface area (Å²) < 4.78 is 10.7. The molecule has 1 aliphatic heterocycles. The summed E-state index contributed by atoms with van der Waals surface area (Å²) >= 11 is 0. The maximum atomic E-state index is 12.2. The van der Waals surface area contributed by atoms with E-state index in [-0.39, 0.29) is 31.1 Å². The smallest absolute Gasteiger partial charge is 0.293 e. The Hall–Kier alpha value is -3.56. The van der Waals surface area contributed by atoms with E-state index in [2.05, 4.69) is 5.10 Å². The highest BCUT2D eigenvalue weighted by Gasteiger charge is 2.27. The summed E-state index contributed by atoms with van der Waals surface area (Å²) in [5.41, 5.74) is 3.23. The Morgan fingerprint density at radius 2 is 1.91 bits per heavy atom. The van der Waals surface area contributed by atoms with Gasteiger partial charge in [-0.2, -0.15) is 0 Å². The predicted octanol–water partition coefficient (Wildman–Crippen LogP) is 2.76. The molecule has 2 N–H and O–H groups in total. The molecule has 33 heavy (non-hydrogen) atoms. The number of carbonyl (C=O) groups is 1. The lowest BCUT2D eigenvalue weighted by atomic mass is 9.95. The molecule has 2 aromatic rings. The van der Waals surface area contributed by atoms with Crippen LogP contribution in [0.2, 0.25) is 0 Å². The quantitative estimate of drug-likeness (QED) is 0.374. The van der Waals surface area contributed by atoms with E-state index in [1.807, 2.05) is 19.1 Å². The number of aliphatic hydroxyl groups is 2. The van der Waals surface area contributed by atoms with Crippen LogP contribution in [0.25, 0.3) is 6.08 Å². The average molecular weight is 456 g/mol. The van der Waals surface area contributed by atoms with Gasteiger partial charge >= 0.3 is 0 Å². The number of carbonyl (C=O) groups excluding carboxylic acids is 1. The van der Waals surface area contributed by atoms with Gasteiger partial charge in [-0.3, -0.25) is 14.6 Å². The van der Waals surface area contributed by atoms with Crippen LogP contribution in [0, 0.1) is 0 Å². The molecule has 0 spiro atoms. The summed E-state index contributed by atoms with van der Waals surface area (Å²) in [5.74, 6) is 0.923. The molecule has 0 aliphatic carbocycles. The van der Waals surface area contributed by atoms with Gasteiger partial charge in [0, 0.05) is 18.1 Å². The van der Waals surface area contributed by atoms with Crippen LogP contribution in [0.4, 0.5) is 0 Å². The molecular formula is C24H28N2O7. The number of para-hydroxylation sites is 1. The molecule has 1 aliphatic rings. The Morgan fingerprint density at radius 1 is 1.18 bits per heavy atom. The third-order valence-electron chi connectivity index (χ3n) is 5.31. The van der Waals surface area contributed by atoms with Gasteiger partial charge in [0.1, 0.15) is 6.26 Å². The minimum absolute atomic E-state index is 0.0611.